The summed E-state index contributed by atoms with van der Waals surface area (Å²) in [5.41, 5.74) is -1.31. The fourth-order valence-corrected chi connectivity index (χ4v) is 2.37. The zero-order chi connectivity index (χ0) is 16.9. The predicted octanol–water partition coefficient (Wildman–Crippen LogP) is 1.33. The molecular formula is C17H20O6. The van der Waals surface area contributed by atoms with Gasteiger partial charge in [-0.05, 0) is 18.6 Å². The van der Waals surface area contributed by atoms with E-state index in [0.29, 0.717) is 12.2 Å². The summed E-state index contributed by atoms with van der Waals surface area (Å²) in [6, 6.07) is 8.98. The Balaban J connectivity index is 1.81. The van der Waals surface area contributed by atoms with Crippen molar-refractivity contribution in [1.29, 1.82) is 0 Å². The predicted molar refractivity (Wildman–Crippen MR) is 81.7 cm³/mol. The minimum absolute atomic E-state index is 0.0204. The van der Waals surface area contributed by atoms with Crippen molar-refractivity contribution >= 4 is 11.9 Å². The second-order valence-corrected chi connectivity index (χ2v) is 5.39. The average molecular weight is 320 g/mol. The Bertz CT molecular complexity index is 570. The summed E-state index contributed by atoms with van der Waals surface area (Å²) in [5.74, 6) is -1.02. The fraction of sp³-hybridized carbons (Fsp3) is 0.412. The molecule has 1 aromatic carbocycles. The Morgan fingerprint density at radius 2 is 2.04 bits per heavy atom. The van der Waals surface area contributed by atoms with Gasteiger partial charge < -0.3 is 19.3 Å². The third-order valence-electron chi connectivity index (χ3n) is 3.81. The summed E-state index contributed by atoms with van der Waals surface area (Å²) < 4.78 is 15.1. The lowest BCUT2D eigenvalue weighted by Crippen LogP contribution is -2.34. The standard InChI is InChI=1S/C17H20O6/c1-3-12-9-17(12,15(19)21-2)16(20)23-11-13(18)10-22-14-7-5-4-6-8-14/h3-8,12-13,18H,1,9-11H2,2H3. The molecule has 1 fully saturated rings. The number of rotatable bonds is 8. The molecule has 0 radical (unpaired) electrons. The molecule has 124 valence electrons. The molecule has 0 aromatic heterocycles. The first-order chi connectivity index (χ1) is 11.0. The maximum absolute atomic E-state index is 12.2. The Morgan fingerprint density at radius 1 is 1.35 bits per heavy atom. The molecule has 3 unspecified atom stereocenters. The molecule has 1 aromatic rings. The zero-order valence-corrected chi connectivity index (χ0v) is 12.9. The van der Waals surface area contributed by atoms with E-state index >= 15 is 0 Å². The third kappa shape index (κ3) is 3.71. The van der Waals surface area contributed by atoms with E-state index < -0.39 is 23.5 Å². The molecule has 3 atom stereocenters. The van der Waals surface area contributed by atoms with Gasteiger partial charge in [-0.1, -0.05) is 24.3 Å². The number of benzene rings is 1. The number of ether oxygens (including phenoxy) is 3. The first kappa shape index (κ1) is 17.0. The van der Waals surface area contributed by atoms with E-state index in [-0.39, 0.29) is 19.1 Å². The molecule has 1 saturated carbocycles. The van der Waals surface area contributed by atoms with E-state index in [9.17, 15) is 14.7 Å². The van der Waals surface area contributed by atoms with Gasteiger partial charge in [-0.3, -0.25) is 9.59 Å². The number of allylic oxidation sites excluding steroid dienone is 1. The highest BCUT2D eigenvalue weighted by Gasteiger charge is 2.66. The smallest absolute Gasteiger partial charge is 0.324 e. The molecule has 0 spiro atoms. The van der Waals surface area contributed by atoms with E-state index in [1.807, 2.05) is 18.2 Å². The van der Waals surface area contributed by atoms with Crippen LogP contribution < -0.4 is 4.74 Å². The largest absolute Gasteiger partial charge is 0.491 e. The van der Waals surface area contributed by atoms with Crippen LogP contribution in [0.3, 0.4) is 0 Å². The van der Waals surface area contributed by atoms with Gasteiger partial charge in [0.05, 0.1) is 7.11 Å². The van der Waals surface area contributed by atoms with Crippen LogP contribution in [0.1, 0.15) is 6.42 Å². The van der Waals surface area contributed by atoms with Crippen molar-refractivity contribution in [2.75, 3.05) is 20.3 Å². The van der Waals surface area contributed by atoms with Crippen LogP contribution in [0, 0.1) is 11.3 Å². The normalized spacial score (nSPS) is 23.5. The molecule has 6 heteroatoms. The number of aliphatic hydroxyl groups excluding tert-OH is 1. The Labute approximate surface area is 134 Å². The van der Waals surface area contributed by atoms with Gasteiger partial charge in [-0.25, -0.2) is 0 Å². The highest BCUT2D eigenvalue weighted by Crippen LogP contribution is 2.55. The molecule has 0 heterocycles. The lowest BCUT2D eigenvalue weighted by atomic mass is 10.0. The summed E-state index contributed by atoms with van der Waals surface area (Å²) in [5, 5.41) is 9.83. The Morgan fingerprint density at radius 3 is 2.61 bits per heavy atom. The highest BCUT2D eigenvalue weighted by molar-refractivity contribution is 6.04. The minimum atomic E-state index is -1.31. The molecule has 1 aliphatic rings. The van der Waals surface area contributed by atoms with Crippen LogP contribution in [0.15, 0.2) is 43.0 Å². The first-order valence-electron chi connectivity index (χ1n) is 7.28. The number of methoxy groups -OCH3 is 1. The third-order valence-corrected chi connectivity index (χ3v) is 3.81. The van der Waals surface area contributed by atoms with Crippen molar-refractivity contribution in [3.8, 4) is 5.75 Å². The number of para-hydroxylation sites is 1. The lowest BCUT2D eigenvalue weighted by molar-refractivity contribution is -0.165. The van der Waals surface area contributed by atoms with Crippen LogP contribution in [-0.2, 0) is 19.1 Å². The lowest BCUT2D eigenvalue weighted by Gasteiger charge is -2.16. The van der Waals surface area contributed by atoms with Crippen molar-refractivity contribution in [1.82, 2.24) is 0 Å². The Kier molecular flexibility index (Phi) is 5.39. The number of esters is 2. The van der Waals surface area contributed by atoms with Crippen LogP contribution in [0.5, 0.6) is 5.75 Å². The molecule has 1 aliphatic carbocycles. The SMILES string of the molecule is C=CC1CC1(C(=O)OC)C(=O)OCC(O)COc1ccccc1. The molecule has 0 saturated heterocycles. The zero-order valence-electron chi connectivity index (χ0n) is 12.9. The van der Waals surface area contributed by atoms with Gasteiger partial charge in [0, 0.05) is 5.92 Å². The van der Waals surface area contributed by atoms with Gasteiger partial charge in [-0.2, -0.15) is 0 Å². The van der Waals surface area contributed by atoms with Crippen molar-refractivity contribution in [2.45, 2.75) is 12.5 Å². The van der Waals surface area contributed by atoms with E-state index in [1.54, 1.807) is 12.1 Å². The maximum Gasteiger partial charge on any atom is 0.324 e. The van der Waals surface area contributed by atoms with Crippen LogP contribution in [0.2, 0.25) is 0 Å². The molecule has 6 nitrogen and oxygen atoms in total. The first-order valence-corrected chi connectivity index (χ1v) is 7.28. The monoisotopic (exact) mass is 320 g/mol. The van der Waals surface area contributed by atoms with Crippen molar-refractivity contribution in [2.24, 2.45) is 11.3 Å². The van der Waals surface area contributed by atoms with Crippen LogP contribution >= 0.6 is 0 Å². The molecule has 1 N–H and O–H groups in total. The number of carbonyl (C=O) groups is 2. The molecule has 0 aliphatic heterocycles. The summed E-state index contributed by atoms with van der Waals surface area (Å²) in [4.78, 5) is 24.0. The van der Waals surface area contributed by atoms with E-state index in [4.69, 9.17) is 9.47 Å². The van der Waals surface area contributed by atoms with Crippen LogP contribution in [0.25, 0.3) is 0 Å². The number of hydrogen-bond donors (Lipinski definition) is 1. The summed E-state index contributed by atoms with van der Waals surface area (Å²) in [6.45, 7) is 3.31. The van der Waals surface area contributed by atoms with Gasteiger partial charge in [-0.15, -0.1) is 6.58 Å². The summed E-state index contributed by atoms with van der Waals surface area (Å²) in [6.07, 6.45) is 0.862. The van der Waals surface area contributed by atoms with E-state index in [2.05, 4.69) is 11.3 Å². The fourth-order valence-electron chi connectivity index (χ4n) is 2.37. The van der Waals surface area contributed by atoms with Gasteiger partial charge in [0.1, 0.15) is 25.1 Å². The molecule has 23 heavy (non-hydrogen) atoms. The van der Waals surface area contributed by atoms with Gasteiger partial charge in [0.2, 0.25) is 0 Å². The van der Waals surface area contributed by atoms with Crippen LogP contribution in [-0.4, -0.2) is 43.5 Å². The quantitative estimate of drug-likeness (QED) is 0.442. The van der Waals surface area contributed by atoms with Crippen LogP contribution in [0.4, 0.5) is 0 Å². The molecule has 2 rings (SSSR count). The Hall–Kier alpha value is -2.34. The van der Waals surface area contributed by atoms with Gasteiger partial charge in [0.15, 0.2) is 5.41 Å². The summed E-state index contributed by atoms with van der Waals surface area (Å²) in [7, 11) is 1.22. The minimum Gasteiger partial charge on any atom is -0.491 e. The molecule has 0 bridgehead atoms. The maximum atomic E-state index is 12.2. The molecule has 0 amide bonds. The number of hydrogen-bond acceptors (Lipinski definition) is 6. The van der Waals surface area contributed by atoms with Crippen molar-refractivity contribution < 1.29 is 28.9 Å². The van der Waals surface area contributed by atoms with E-state index in [1.165, 1.54) is 13.2 Å². The average Bonchev–Trinajstić information content (AvgIpc) is 3.34. The van der Waals surface area contributed by atoms with E-state index in [0.717, 1.165) is 0 Å². The molecular weight excluding hydrogens is 300 g/mol. The second kappa shape index (κ2) is 7.28. The second-order valence-electron chi connectivity index (χ2n) is 5.39. The van der Waals surface area contributed by atoms with Gasteiger partial charge >= 0.3 is 11.9 Å². The number of carbonyl (C=O) groups excluding carboxylic acids is 2. The van der Waals surface area contributed by atoms with Crippen molar-refractivity contribution in [3.63, 3.8) is 0 Å². The topological polar surface area (TPSA) is 82.1 Å². The highest BCUT2D eigenvalue weighted by atomic mass is 16.6. The van der Waals surface area contributed by atoms with Gasteiger partial charge in [0.25, 0.3) is 0 Å². The summed E-state index contributed by atoms with van der Waals surface area (Å²) >= 11 is 0. The number of aliphatic hydroxyl groups is 1. The van der Waals surface area contributed by atoms with Crippen molar-refractivity contribution in [3.05, 3.63) is 43.0 Å².